The quantitative estimate of drug-likeness (QED) is 0.667. The maximum Gasteiger partial charge on any atom is 0.0905 e. The van der Waals surface area contributed by atoms with Gasteiger partial charge in [-0.05, 0) is 61.7 Å². The molecule has 2 heteroatoms. The van der Waals surface area contributed by atoms with Crippen molar-refractivity contribution >= 4 is 0 Å². The molecule has 0 radical (unpaired) electrons. The summed E-state index contributed by atoms with van der Waals surface area (Å²) in [5, 5.41) is 20.2. The van der Waals surface area contributed by atoms with Crippen LogP contribution >= 0.6 is 0 Å². The van der Waals surface area contributed by atoms with Crippen LogP contribution in [0.4, 0.5) is 0 Å². The Bertz CT molecular complexity index is 466. The molecule has 3 fully saturated rings. The van der Waals surface area contributed by atoms with Crippen LogP contribution in [-0.2, 0) is 0 Å². The molecule has 0 aromatic rings. The SMILES string of the molecule is C[C@]12CC[C@H]3[C@@H](CCC4=C[C@@H](O)C=C[C@@H]43)[C@@H]1CC[C@H]2O. The number of rotatable bonds is 0. The van der Waals surface area contributed by atoms with Crippen molar-refractivity contribution in [2.24, 2.45) is 29.1 Å². The third-order valence-corrected chi connectivity index (χ3v) is 7.00. The van der Waals surface area contributed by atoms with Gasteiger partial charge in [-0.25, -0.2) is 0 Å². The number of hydrogen-bond acceptors (Lipinski definition) is 2. The van der Waals surface area contributed by atoms with Crippen LogP contribution < -0.4 is 0 Å². The normalized spacial score (nSPS) is 53.9. The van der Waals surface area contributed by atoms with Crippen LogP contribution in [0.25, 0.3) is 0 Å². The van der Waals surface area contributed by atoms with Crippen molar-refractivity contribution in [1.82, 2.24) is 0 Å². The molecule has 7 atom stereocenters. The Hall–Kier alpha value is -0.600. The van der Waals surface area contributed by atoms with Gasteiger partial charge in [0.15, 0.2) is 0 Å². The maximum absolute atomic E-state index is 10.4. The monoisotopic (exact) mass is 274 g/mol. The van der Waals surface area contributed by atoms with Gasteiger partial charge in [-0.15, -0.1) is 0 Å². The lowest BCUT2D eigenvalue weighted by molar-refractivity contribution is -0.0474. The first kappa shape index (κ1) is 13.1. The summed E-state index contributed by atoms with van der Waals surface area (Å²) >= 11 is 0. The lowest BCUT2D eigenvalue weighted by Crippen LogP contribution is -2.47. The maximum atomic E-state index is 10.4. The van der Waals surface area contributed by atoms with E-state index in [4.69, 9.17) is 0 Å². The first-order chi connectivity index (χ1) is 9.59. The molecule has 4 aliphatic carbocycles. The average Bonchev–Trinajstić information content (AvgIpc) is 2.74. The van der Waals surface area contributed by atoms with Crippen molar-refractivity contribution in [3.05, 3.63) is 23.8 Å². The fourth-order valence-corrected chi connectivity index (χ4v) is 5.89. The largest absolute Gasteiger partial charge is 0.393 e. The van der Waals surface area contributed by atoms with Gasteiger partial charge in [0, 0.05) is 5.92 Å². The van der Waals surface area contributed by atoms with Crippen molar-refractivity contribution in [2.75, 3.05) is 0 Å². The molecular weight excluding hydrogens is 248 g/mol. The van der Waals surface area contributed by atoms with Crippen molar-refractivity contribution in [2.45, 2.75) is 57.7 Å². The lowest BCUT2D eigenvalue weighted by atomic mass is 9.53. The highest BCUT2D eigenvalue weighted by Crippen LogP contribution is 2.61. The molecule has 0 spiro atoms. The zero-order valence-corrected chi connectivity index (χ0v) is 12.3. The molecule has 4 rings (SSSR count). The first-order valence-electron chi connectivity index (χ1n) is 8.34. The highest BCUT2D eigenvalue weighted by atomic mass is 16.3. The minimum atomic E-state index is -0.361. The molecular formula is C18H26O2. The summed E-state index contributed by atoms with van der Waals surface area (Å²) in [5.41, 5.74) is 1.66. The number of hydrogen-bond donors (Lipinski definition) is 2. The van der Waals surface area contributed by atoms with E-state index >= 15 is 0 Å². The molecule has 0 aromatic carbocycles. The van der Waals surface area contributed by atoms with E-state index in [9.17, 15) is 10.2 Å². The minimum Gasteiger partial charge on any atom is -0.393 e. The van der Waals surface area contributed by atoms with E-state index in [1.807, 2.05) is 6.08 Å². The highest BCUT2D eigenvalue weighted by molar-refractivity contribution is 5.28. The van der Waals surface area contributed by atoms with Crippen LogP contribution in [0.1, 0.15) is 45.4 Å². The minimum absolute atomic E-state index is 0.0749. The van der Waals surface area contributed by atoms with E-state index in [0.717, 1.165) is 30.6 Å². The van der Waals surface area contributed by atoms with Gasteiger partial charge in [0.25, 0.3) is 0 Å². The van der Waals surface area contributed by atoms with Gasteiger partial charge in [0.05, 0.1) is 12.2 Å². The van der Waals surface area contributed by atoms with E-state index in [2.05, 4.69) is 19.1 Å². The fourth-order valence-electron chi connectivity index (χ4n) is 5.89. The predicted octanol–water partition coefficient (Wildman–Crippen LogP) is 3.06. The van der Waals surface area contributed by atoms with Crippen LogP contribution in [0.2, 0.25) is 0 Å². The fraction of sp³-hybridized carbons (Fsp3) is 0.778. The summed E-state index contributed by atoms with van der Waals surface area (Å²) < 4.78 is 0. The van der Waals surface area contributed by atoms with Crippen LogP contribution in [0, 0.1) is 29.1 Å². The Morgan fingerprint density at radius 2 is 1.90 bits per heavy atom. The van der Waals surface area contributed by atoms with Gasteiger partial charge in [-0.3, -0.25) is 0 Å². The number of aliphatic hydroxyl groups excluding tert-OH is 2. The van der Waals surface area contributed by atoms with E-state index in [0.29, 0.717) is 5.92 Å². The van der Waals surface area contributed by atoms with Crippen LogP contribution in [-0.4, -0.2) is 22.4 Å². The Balaban J connectivity index is 1.63. The summed E-state index contributed by atoms with van der Waals surface area (Å²) in [7, 11) is 0. The Morgan fingerprint density at radius 1 is 1.05 bits per heavy atom. The van der Waals surface area contributed by atoms with Gasteiger partial charge in [0.2, 0.25) is 0 Å². The number of fused-ring (bicyclic) bond motifs is 5. The Labute approximate surface area is 121 Å². The third kappa shape index (κ3) is 1.70. The van der Waals surface area contributed by atoms with Gasteiger partial charge in [-0.2, -0.15) is 0 Å². The second-order valence-corrected chi connectivity index (χ2v) is 7.75. The van der Waals surface area contributed by atoms with Crippen molar-refractivity contribution in [1.29, 1.82) is 0 Å². The number of aliphatic hydroxyl groups is 2. The lowest BCUT2D eigenvalue weighted by Gasteiger charge is -2.52. The third-order valence-electron chi connectivity index (χ3n) is 7.00. The summed E-state index contributed by atoms with van der Waals surface area (Å²) in [6, 6.07) is 0. The molecule has 110 valence electrons. The van der Waals surface area contributed by atoms with E-state index in [-0.39, 0.29) is 17.6 Å². The molecule has 0 heterocycles. The molecule has 3 saturated carbocycles. The molecule has 0 unspecified atom stereocenters. The van der Waals surface area contributed by atoms with Crippen LogP contribution in [0.5, 0.6) is 0 Å². The Morgan fingerprint density at radius 3 is 2.75 bits per heavy atom. The second kappa shape index (κ2) is 4.45. The van der Waals surface area contributed by atoms with Gasteiger partial charge < -0.3 is 10.2 Å². The topological polar surface area (TPSA) is 40.5 Å². The van der Waals surface area contributed by atoms with Crippen molar-refractivity contribution in [3.8, 4) is 0 Å². The van der Waals surface area contributed by atoms with E-state index in [1.54, 1.807) is 0 Å². The molecule has 0 aliphatic heterocycles. The molecule has 0 amide bonds. The van der Waals surface area contributed by atoms with Crippen LogP contribution in [0.3, 0.4) is 0 Å². The molecule has 0 bridgehead atoms. The van der Waals surface area contributed by atoms with Gasteiger partial charge in [0.1, 0.15) is 0 Å². The summed E-state index contributed by atoms with van der Waals surface area (Å²) in [6.07, 6.45) is 12.9. The smallest absolute Gasteiger partial charge is 0.0905 e. The molecule has 0 saturated heterocycles. The molecule has 2 nitrogen and oxygen atoms in total. The Kier molecular flexibility index (Phi) is 2.91. The molecule has 4 aliphatic rings. The zero-order valence-electron chi connectivity index (χ0n) is 12.3. The van der Waals surface area contributed by atoms with Crippen molar-refractivity contribution < 1.29 is 10.2 Å². The zero-order chi connectivity index (χ0) is 13.9. The molecule has 2 N–H and O–H groups in total. The predicted molar refractivity (Wildman–Crippen MR) is 79.0 cm³/mol. The summed E-state index contributed by atoms with van der Waals surface area (Å²) in [6.45, 7) is 2.33. The highest BCUT2D eigenvalue weighted by Gasteiger charge is 2.55. The van der Waals surface area contributed by atoms with E-state index in [1.165, 1.54) is 31.3 Å². The molecule has 20 heavy (non-hydrogen) atoms. The average molecular weight is 274 g/mol. The standard InChI is InChI=1S/C18H26O2/c1-18-9-8-14-13-5-3-12(19)10-11(13)2-4-15(14)16(18)6-7-17(18)20/h3,5,10,12-17,19-20H,2,4,6-9H2,1H3/t12-,13-,14+,15+,16-,17+,18-/m0/s1. The van der Waals surface area contributed by atoms with Crippen molar-refractivity contribution in [3.63, 3.8) is 0 Å². The first-order valence-corrected chi connectivity index (χ1v) is 8.34. The second-order valence-electron chi connectivity index (χ2n) is 7.75. The van der Waals surface area contributed by atoms with Crippen LogP contribution in [0.15, 0.2) is 23.8 Å². The number of allylic oxidation sites excluding steroid dienone is 2. The summed E-state index contributed by atoms with van der Waals surface area (Å²) in [5.74, 6) is 2.83. The molecule has 0 aromatic heterocycles. The van der Waals surface area contributed by atoms with Gasteiger partial charge >= 0.3 is 0 Å². The van der Waals surface area contributed by atoms with E-state index < -0.39 is 0 Å². The van der Waals surface area contributed by atoms with Gasteiger partial charge in [-0.1, -0.05) is 30.7 Å². The summed E-state index contributed by atoms with van der Waals surface area (Å²) in [4.78, 5) is 0.